The average molecular weight is 283 g/mol. The molecule has 0 spiro atoms. The SMILES string of the molecule is CCC1CN(c2ncc(CNC)cc2Cl)CCN1C. The van der Waals surface area contributed by atoms with Crippen LogP contribution in [0.4, 0.5) is 5.82 Å². The van der Waals surface area contributed by atoms with Crippen LogP contribution in [0.1, 0.15) is 18.9 Å². The molecule has 1 aromatic rings. The molecular formula is C14H23ClN4. The zero-order chi connectivity index (χ0) is 13.8. The van der Waals surface area contributed by atoms with Gasteiger partial charge in [0.1, 0.15) is 5.82 Å². The Balaban J connectivity index is 2.13. The lowest BCUT2D eigenvalue weighted by molar-refractivity contribution is 0.213. The molecule has 1 aliphatic heterocycles. The van der Waals surface area contributed by atoms with Gasteiger partial charge in [-0.1, -0.05) is 18.5 Å². The third kappa shape index (κ3) is 3.38. The van der Waals surface area contributed by atoms with Gasteiger partial charge in [-0.05, 0) is 32.1 Å². The van der Waals surface area contributed by atoms with Crippen LogP contribution in [0.25, 0.3) is 0 Å². The maximum Gasteiger partial charge on any atom is 0.147 e. The number of hydrogen-bond donors (Lipinski definition) is 1. The van der Waals surface area contributed by atoms with Crippen molar-refractivity contribution in [3.63, 3.8) is 0 Å². The van der Waals surface area contributed by atoms with Gasteiger partial charge in [0.2, 0.25) is 0 Å². The highest BCUT2D eigenvalue weighted by Gasteiger charge is 2.24. The Morgan fingerprint density at radius 1 is 1.47 bits per heavy atom. The van der Waals surface area contributed by atoms with Crippen LogP contribution in [-0.4, -0.2) is 49.7 Å². The lowest BCUT2D eigenvalue weighted by Crippen LogP contribution is -2.51. The Bertz CT molecular complexity index is 424. The number of hydrogen-bond acceptors (Lipinski definition) is 4. The van der Waals surface area contributed by atoms with Crippen LogP contribution in [0.15, 0.2) is 12.3 Å². The van der Waals surface area contributed by atoms with Crippen molar-refractivity contribution in [2.75, 3.05) is 38.6 Å². The van der Waals surface area contributed by atoms with Crippen LogP contribution in [0.2, 0.25) is 5.02 Å². The van der Waals surface area contributed by atoms with Crippen LogP contribution in [0, 0.1) is 0 Å². The molecule has 1 atom stereocenters. The first-order chi connectivity index (χ1) is 9.15. The van der Waals surface area contributed by atoms with Gasteiger partial charge in [0.25, 0.3) is 0 Å². The number of aromatic nitrogens is 1. The molecule has 1 unspecified atom stereocenters. The van der Waals surface area contributed by atoms with E-state index in [0.29, 0.717) is 6.04 Å². The van der Waals surface area contributed by atoms with Gasteiger partial charge in [0, 0.05) is 38.4 Å². The van der Waals surface area contributed by atoms with Crippen molar-refractivity contribution < 1.29 is 0 Å². The Hall–Kier alpha value is -0.840. The smallest absolute Gasteiger partial charge is 0.147 e. The van der Waals surface area contributed by atoms with Crippen LogP contribution < -0.4 is 10.2 Å². The summed E-state index contributed by atoms with van der Waals surface area (Å²) in [6, 6.07) is 2.60. The van der Waals surface area contributed by atoms with Crippen molar-refractivity contribution in [3.05, 3.63) is 22.8 Å². The summed E-state index contributed by atoms with van der Waals surface area (Å²) in [7, 11) is 4.12. The molecule has 19 heavy (non-hydrogen) atoms. The largest absolute Gasteiger partial charge is 0.353 e. The van der Waals surface area contributed by atoms with E-state index in [0.717, 1.165) is 49.0 Å². The number of piperazine rings is 1. The Morgan fingerprint density at radius 2 is 2.26 bits per heavy atom. The molecule has 1 N–H and O–H groups in total. The molecule has 1 fully saturated rings. The first-order valence-corrected chi connectivity index (χ1v) is 7.27. The summed E-state index contributed by atoms with van der Waals surface area (Å²) in [5, 5.41) is 3.87. The molecule has 0 saturated carbocycles. The lowest BCUT2D eigenvalue weighted by Gasteiger charge is -2.40. The van der Waals surface area contributed by atoms with Crippen LogP contribution in [0.5, 0.6) is 0 Å². The molecule has 0 aromatic carbocycles. The van der Waals surface area contributed by atoms with Crippen LogP contribution >= 0.6 is 11.6 Å². The standard InChI is InChI=1S/C14H23ClN4/c1-4-12-10-19(6-5-18(12)3)14-13(15)7-11(8-16-2)9-17-14/h7,9,12,16H,4-6,8,10H2,1-3H3. The number of rotatable bonds is 4. The Labute approximate surface area is 120 Å². The second kappa shape index (κ2) is 6.55. The van der Waals surface area contributed by atoms with E-state index in [1.54, 1.807) is 0 Å². The number of nitrogens with zero attached hydrogens (tertiary/aromatic N) is 3. The first-order valence-electron chi connectivity index (χ1n) is 6.90. The first kappa shape index (κ1) is 14.6. The van der Waals surface area contributed by atoms with E-state index >= 15 is 0 Å². The van der Waals surface area contributed by atoms with Gasteiger partial charge in [-0.3, -0.25) is 4.90 Å². The predicted molar refractivity (Wildman–Crippen MR) is 80.9 cm³/mol. The van der Waals surface area contributed by atoms with Gasteiger partial charge in [-0.15, -0.1) is 0 Å². The number of pyridine rings is 1. The molecule has 0 aliphatic carbocycles. The molecule has 1 aliphatic rings. The van der Waals surface area contributed by atoms with Crippen molar-refractivity contribution in [1.82, 2.24) is 15.2 Å². The van der Waals surface area contributed by atoms with Gasteiger partial charge in [-0.25, -0.2) is 4.98 Å². The number of likely N-dealkylation sites (N-methyl/N-ethyl adjacent to an activating group) is 1. The second-order valence-electron chi connectivity index (χ2n) is 5.17. The highest BCUT2D eigenvalue weighted by molar-refractivity contribution is 6.33. The van der Waals surface area contributed by atoms with Gasteiger partial charge in [0.15, 0.2) is 0 Å². The van der Waals surface area contributed by atoms with E-state index in [1.807, 2.05) is 19.3 Å². The number of nitrogens with one attached hydrogen (secondary N) is 1. The van der Waals surface area contributed by atoms with E-state index < -0.39 is 0 Å². The van der Waals surface area contributed by atoms with Gasteiger partial charge in [-0.2, -0.15) is 0 Å². The van der Waals surface area contributed by atoms with E-state index in [2.05, 4.69) is 34.1 Å². The zero-order valence-electron chi connectivity index (χ0n) is 12.0. The third-order valence-electron chi connectivity index (χ3n) is 3.81. The molecule has 0 bridgehead atoms. The zero-order valence-corrected chi connectivity index (χ0v) is 12.7. The minimum atomic E-state index is 0.587. The summed E-state index contributed by atoms with van der Waals surface area (Å²) < 4.78 is 0. The summed E-state index contributed by atoms with van der Waals surface area (Å²) >= 11 is 6.38. The molecule has 1 aromatic heterocycles. The lowest BCUT2D eigenvalue weighted by atomic mass is 10.1. The molecule has 0 amide bonds. The molecule has 2 rings (SSSR count). The van der Waals surface area contributed by atoms with E-state index in [4.69, 9.17) is 11.6 Å². The van der Waals surface area contributed by atoms with Crippen LogP contribution in [0.3, 0.4) is 0 Å². The molecule has 1 saturated heterocycles. The summed E-state index contributed by atoms with van der Waals surface area (Å²) in [5.74, 6) is 0.924. The quantitative estimate of drug-likeness (QED) is 0.915. The predicted octanol–water partition coefficient (Wildman–Crippen LogP) is 1.98. The third-order valence-corrected chi connectivity index (χ3v) is 4.09. The highest BCUT2D eigenvalue weighted by atomic mass is 35.5. The van der Waals surface area contributed by atoms with Gasteiger partial charge in [0.05, 0.1) is 5.02 Å². The molecule has 2 heterocycles. The highest BCUT2D eigenvalue weighted by Crippen LogP contribution is 2.26. The maximum atomic E-state index is 6.38. The number of halogens is 1. The summed E-state index contributed by atoms with van der Waals surface area (Å²) in [5.41, 5.74) is 1.12. The topological polar surface area (TPSA) is 31.4 Å². The fourth-order valence-electron chi connectivity index (χ4n) is 2.58. The molecule has 4 nitrogen and oxygen atoms in total. The van der Waals surface area contributed by atoms with Crippen molar-refractivity contribution in [2.45, 2.75) is 25.9 Å². The van der Waals surface area contributed by atoms with E-state index in [-0.39, 0.29) is 0 Å². The van der Waals surface area contributed by atoms with Crippen molar-refractivity contribution in [1.29, 1.82) is 0 Å². The van der Waals surface area contributed by atoms with Crippen molar-refractivity contribution in [3.8, 4) is 0 Å². The molecule has 0 radical (unpaired) electrons. The Kier molecular flexibility index (Phi) is 5.02. The Morgan fingerprint density at radius 3 is 2.89 bits per heavy atom. The second-order valence-corrected chi connectivity index (χ2v) is 5.58. The minimum Gasteiger partial charge on any atom is -0.353 e. The molecular weight excluding hydrogens is 260 g/mol. The summed E-state index contributed by atoms with van der Waals surface area (Å²) in [6.07, 6.45) is 3.07. The van der Waals surface area contributed by atoms with E-state index in [9.17, 15) is 0 Å². The summed E-state index contributed by atoms with van der Waals surface area (Å²) in [6.45, 7) is 6.09. The minimum absolute atomic E-state index is 0.587. The fourth-order valence-corrected chi connectivity index (χ4v) is 2.89. The van der Waals surface area contributed by atoms with Gasteiger partial charge < -0.3 is 10.2 Å². The van der Waals surface area contributed by atoms with Crippen molar-refractivity contribution >= 4 is 17.4 Å². The fraction of sp³-hybridized carbons (Fsp3) is 0.643. The van der Waals surface area contributed by atoms with Gasteiger partial charge >= 0.3 is 0 Å². The summed E-state index contributed by atoms with van der Waals surface area (Å²) in [4.78, 5) is 9.27. The van der Waals surface area contributed by atoms with E-state index in [1.165, 1.54) is 0 Å². The van der Waals surface area contributed by atoms with Crippen molar-refractivity contribution in [2.24, 2.45) is 0 Å². The maximum absolute atomic E-state index is 6.38. The average Bonchev–Trinajstić information content (AvgIpc) is 2.40. The van der Waals surface area contributed by atoms with Crippen LogP contribution in [-0.2, 0) is 6.54 Å². The normalized spacial score (nSPS) is 20.8. The number of anilines is 1. The molecule has 5 heteroatoms. The molecule has 106 valence electrons. The monoisotopic (exact) mass is 282 g/mol.